The van der Waals surface area contributed by atoms with Crippen molar-refractivity contribution in [1.82, 2.24) is 9.55 Å². The molecule has 1 aromatic heterocycles. The average molecular weight is 559 g/mol. The number of rotatable bonds is 13. The van der Waals surface area contributed by atoms with E-state index >= 15 is 0 Å². The summed E-state index contributed by atoms with van der Waals surface area (Å²) in [5, 5.41) is 9.35. The third-order valence-corrected chi connectivity index (χ3v) is 8.26. The molecule has 11 heteroatoms. The third-order valence-electron chi connectivity index (χ3n) is 7.45. The Hall–Kier alpha value is -2.38. The minimum absolute atomic E-state index is 0.138. The van der Waals surface area contributed by atoms with E-state index in [2.05, 4.69) is 34.1 Å². The van der Waals surface area contributed by atoms with Crippen molar-refractivity contribution >= 4 is 24.1 Å². The lowest BCUT2D eigenvalue weighted by Crippen LogP contribution is -2.54. The first-order chi connectivity index (χ1) is 18.3. The Morgan fingerprint density at radius 2 is 2.13 bits per heavy atom. The van der Waals surface area contributed by atoms with E-state index in [1.165, 1.54) is 6.20 Å². The molecule has 3 rings (SSSR count). The van der Waals surface area contributed by atoms with Crippen LogP contribution in [0.4, 0.5) is 0 Å². The Balaban J connectivity index is 1.76. The van der Waals surface area contributed by atoms with Crippen LogP contribution >= 0.6 is 7.37 Å². The summed E-state index contributed by atoms with van der Waals surface area (Å²) in [5.74, 6) is 5.99. The first kappa shape index (κ1) is 31.2. The maximum atomic E-state index is 11.8. The molecule has 3 atom stereocenters. The van der Waals surface area contributed by atoms with Crippen molar-refractivity contribution < 1.29 is 18.7 Å². The molecule has 0 aliphatic heterocycles. The molecule has 39 heavy (non-hydrogen) atoms. The van der Waals surface area contributed by atoms with Crippen molar-refractivity contribution in [2.24, 2.45) is 22.0 Å². The van der Waals surface area contributed by atoms with Gasteiger partial charge in [0.2, 0.25) is 0 Å². The van der Waals surface area contributed by atoms with E-state index in [4.69, 9.17) is 25.7 Å². The summed E-state index contributed by atoms with van der Waals surface area (Å²) >= 11 is 0. The molecule has 1 unspecified atom stereocenters. The normalized spacial score (nSPS) is 23.5. The lowest BCUT2D eigenvalue weighted by atomic mass is 9.66. The molecule has 1 aliphatic carbocycles. The number of fused-ring (bicyclic) bond motifs is 1. The van der Waals surface area contributed by atoms with Crippen molar-refractivity contribution in [2.75, 3.05) is 26.5 Å². The van der Waals surface area contributed by atoms with E-state index in [1.54, 1.807) is 19.4 Å². The summed E-state index contributed by atoms with van der Waals surface area (Å²) in [6.07, 6.45) is 7.13. The van der Waals surface area contributed by atoms with Crippen LogP contribution in [0.25, 0.3) is 11.0 Å². The summed E-state index contributed by atoms with van der Waals surface area (Å²) in [6, 6.07) is 7.24. The monoisotopic (exact) mass is 558 g/mol. The molecule has 0 amide bonds. The number of aliphatic imine (C=N–C) groups is 1. The smallest absolute Gasteiger partial charge is 0.197 e. The molecule has 0 bridgehead atoms. The van der Waals surface area contributed by atoms with Gasteiger partial charge in [0.1, 0.15) is 5.60 Å². The van der Waals surface area contributed by atoms with Gasteiger partial charge in [-0.15, -0.1) is 0 Å². The molecule has 1 aromatic carbocycles. The molecule has 2 aromatic rings. The van der Waals surface area contributed by atoms with Crippen molar-refractivity contribution in [3.8, 4) is 6.07 Å². The molecule has 1 fully saturated rings. The van der Waals surface area contributed by atoms with E-state index in [1.807, 2.05) is 32.3 Å². The second-order valence-corrected chi connectivity index (χ2v) is 14.5. The molecular formula is C28H43N6O4P. The standard InChI is InChI=1S/C28H43N6O4P/c1-7-32-25(26(2,3)36-13-14-37-39(5,6)35)22(30)16-28(38-31)12-8-11-27(4,18-28)19-34-20-33-23-10-9-21(17-29)15-24(23)34/h7,9-10,15,20,22H,1,8,11-14,16,18-19,30-31H2,2-6H3/t22?,27-,28-/m0/s1. The Labute approximate surface area is 231 Å². The molecule has 214 valence electrons. The van der Waals surface area contributed by atoms with Gasteiger partial charge in [-0.3, -0.25) is 14.4 Å². The SMILES string of the molecule is C=CN=C(C(N)C[C@@]1(ON)CCC[C@](C)(Cn2cnc3ccc(C#N)cc32)C1)C(C)(C)OCCOP(C)(C)=O. The average Bonchev–Trinajstić information content (AvgIpc) is 3.25. The van der Waals surface area contributed by atoms with Crippen molar-refractivity contribution in [3.05, 3.63) is 42.9 Å². The van der Waals surface area contributed by atoms with Crippen LogP contribution in [0.5, 0.6) is 0 Å². The highest BCUT2D eigenvalue weighted by Crippen LogP contribution is 2.46. The molecule has 10 nitrogen and oxygen atoms in total. The zero-order valence-electron chi connectivity index (χ0n) is 23.9. The predicted molar refractivity (Wildman–Crippen MR) is 155 cm³/mol. The quantitative estimate of drug-likeness (QED) is 0.154. The topological polar surface area (TPSA) is 151 Å². The van der Waals surface area contributed by atoms with Gasteiger partial charge < -0.3 is 19.6 Å². The molecule has 0 saturated heterocycles. The highest BCUT2D eigenvalue weighted by molar-refractivity contribution is 7.57. The van der Waals surface area contributed by atoms with Crippen LogP contribution in [0, 0.1) is 16.7 Å². The molecule has 1 heterocycles. The van der Waals surface area contributed by atoms with E-state index in [9.17, 15) is 9.83 Å². The first-order valence-corrected chi connectivity index (χ1v) is 15.8. The van der Waals surface area contributed by atoms with Gasteiger partial charge in [0.25, 0.3) is 0 Å². The number of hydrogen-bond donors (Lipinski definition) is 2. The minimum Gasteiger partial charge on any atom is -0.367 e. The van der Waals surface area contributed by atoms with Gasteiger partial charge in [0.15, 0.2) is 7.37 Å². The molecular weight excluding hydrogens is 515 g/mol. The van der Waals surface area contributed by atoms with Crippen molar-refractivity contribution in [1.29, 1.82) is 5.26 Å². The number of benzene rings is 1. The fourth-order valence-electron chi connectivity index (χ4n) is 5.83. The van der Waals surface area contributed by atoms with Gasteiger partial charge in [-0.05, 0) is 69.6 Å². The molecule has 4 N–H and O–H groups in total. The second-order valence-electron chi connectivity index (χ2n) is 11.8. The molecule has 0 spiro atoms. The Morgan fingerprint density at radius 1 is 1.38 bits per heavy atom. The summed E-state index contributed by atoms with van der Waals surface area (Å²) < 4.78 is 25.4. The number of imidazole rings is 1. The first-order valence-electron chi connectivity index (χ1n) is 13.3. The van der Waals surface area contributed by atoms with Crippen LogP contribution in [0.3, 0.4) is 0 Å². The summed E-state index contributed by atoms with van der Waals surface area (Å²) in [5.41, 5.74) is 8.18. The zero-order chi connectivity index (χ0) is 28.9. The summed E-state index contributed by atoms with van der Waals surface area (Å²) in [4.78, 5) is 14.8. The number of nitriles is 1. The van der Waals surface area contributed by atoms with Crippen LogP contribution in [0.1, 0.15) is 58.4 Å². The van der Waals surface area contributed by atoms with Crippen LogP contribution in [0.15, 0.2) is 42.3 Å². The van der Waals surface area contributed by atoms with Gasteiger partial charge >= 0.3 is 0 Å². The van der Waals surface area contributed by atoms with Crippen LogP contribution in [-0.2, 0) is 25.2 Å². The predicted octanol–water partition coefficient (Wildman–Crippen LogP) is 4.77. The molecule has 0 radical (unpaired) electrons. The van der Waals surface area contributed by atoms with E-state index in [-0.39, 0.29) is 18.6 Å². The van der Waals surface area contributed by atoms with Crippen molar-refractivity contribution in [2.45, 2.75) is 76.7 Å². The van der Waals surface area contributed by atoms with Crippen LogP contribution < -0.4 is 11.6 Å². The van der Waals surface area contributed by atoms with E-state index in [0.717, 1.165) is 30.3 Å². The fraction of sp³-hybridized carbons (Fsp3) is 0.607. The molecule has 1 saturated carbocycles. The number of nitrogens with two attached hydrogens (primary N) is 2. The Bertz CT molecular complexity index is 1280. The maximum absolute atomic E-state index is 11.8. The second kappa shape index (κ2) is 12.4. The summed E-state index contributed by atoms with van der Waals surface area (Å²) in [7, 11) is -2.59. The number of hydrogen-bond acceptors (Lipinski definition) is 9. The van der Waals surface area contributed by atoms with Crippen LogP contribution in [0.2, 0.25) is 0 Å². The maximum Gasteiger partial charge on any atom is 0.197 e. The Morgan fingerprint density at radius 3 is 2.77 bits per heavy atom. The number of aromatic nitrogens is 2. The van der Waals surface area contributed by atoms with Crippen molar-refractivity contribution in [3.63, 3.8) is 0 Å². The van der Waals surface area contributed by atoms with Gasteiger partial charge in [-0.1, -0.05) is 13.5 Å². The highest BCUT2D eigenvalue weighted by atomic mass is 31.2. The zero-order valence-corrected chi connectivity index (χ0v) is 24.7. The third kappa shape index (κ3) is 8.07. The van der Waals surface area contributed by atoms with Crippen LogP contribution in [-0.4, -0.2) is 59.1 Å². The fourth-order valence-corrected chi connectivity index (χ4v) is 6.35. The van der Waals surface area contributed by atoms with Gasteiger partial charge in [-0.25, -0.2) is 10.9 Å². The number of nitrogens with zero attached hydrogens (tertiary/aromatic N) is 4. The van der Waals surface area contributed by atoms with Gasteiger partial charge in [0.05, 0.1) is 53.5 Å². The lowest BCUT2D eigenvalue weighted by Gasteiger charge is -2.46. The molecule has 1 aliphatic rings. The highest BCUT2D eigenvalue weighted by Gasteiger charge is 2.46. The van der Waals surface area contributed by atoms with E-state index in [0.29, 0.717) is 30.7 Å². The Kier molecular flexibility index (Phi) is 9.92. The lowest BCUT2D eigenvalue weighted by molar-refractivity contribution is -0.113. The van der Waals surface area contributed by atoms with E-state index < -0.39 is 24.6 Å². The minimum atomic E-state index is -2.59. The van der Waals surface area contributed by atoms with Gasteiger partial charge in [0, 0.05) is 32.1 Å². The largest absolute Gasteiger partial charge is 0.367 e. The number of ether oxygens (including phenoxy) is 1. The van der Waals surface area contributed by atoms with Gasteiger partial charge in [-0.2, -0.15) is 5.26 Å². The summed E-state index contributed by atoms with van der Waals surface area (Å²) in [6.45, 7) is 14.1.